The number of carbonyl (C=O) groups excluding carboxylic acids is 3. The highest BCUT2D eigenvalue weighted by atomic mass is 16.7. The Labute approximate surface area is 313 Å². The van der Waals surface area contributed by atoms with Crippen LogP contribution in [-0.2, 0) is 49.7 Å². The molecule has 4 heterocycles. The number of carbonyl (C=O) groups is 4. The summed E-state index contributed by atoms with van der Waals surface area (Å²) in [6, 6.07) is 6.37. The molecule has 1 aliphatic rings. The van der Waals surface area contributed by atoms with Crippen LogP contribution >= 0.6 is 0 Å². The molecule has 0 bridgehead atoms. The molecule has 0 spiro atoms. The Bertz CT molecular complexity index is 2040. The molecular formula is C35H43N9O11. The molecule has 0 saturated carbocycles. The molecule has 55 heavy (non-hydrogen) atoms. The van der Waals surface area contributed by atoms with Crippen LogP contribution in [0, 0.1) is 0 Å². The third-order valence-electron chi connectivity index (χ3n) is 8.98. The number of hydrogen-bond acceptors (Lipinski definition) is 16. The fourth-order valence-electron chi connectivity index (χ4n) is 5.90. The highest BCUT2D eigenvalue weighted by Crippen LogP contribution is 2.22. The minimum Gasteiger partial charge on any atom is -0.479 e. The highest BCUT2D eigenvalue weighted by Gasteiger charge is 2.47. The van der Waals surface area contributed by atoms with Crippen molar-refractivity contribution in [3.63, 3.8) is 0 Å². The number of aromatic amines is 1. The Morgan fingerprint density at radius 3 is 2.49 bits per heavy atom. The monoisotopic (exact) mass is 765 g/mol. The van der Waals surface area contributed by atoms with Gasteiger partial charge in [0.05, 0.1) is 36.8 Å². The van der Waals surface area contributed by atoms with E-state index in [9.17, 15) is 44.4 Å². The number of fused-ring (bicyclic) bond motifs is 1. The summed E-state index contributed by atoms with van der Waals surface area (Å²) in [6.07, 6.45) is -2.90. The van der Waals surface area contributed by atoms with Crippen molar-refractivity contribution in [2.24, 2.45) is 0 Å². The first-order chi connectivity index (χ1) is 26.3. The minimum atomic E-state index is -1.84. The molecular weight excluding hydrogens is 722 g/mol. The lowest BCUT2D eigenvalue weighted by molar-refractivity contribution is -0.294. The van der Waals surface area contributed by atoms with Gasteiger partial charge in [0.15, 0.2) is 35.1 Å². The van der Waals surface area contributed by atoms with E-state index in [0.717, 1.165) is 5.56 Å². The first kappa shape index (κ1) is 40.6. The summed E-state index contributed by atoms with van der Waals surface area (Å²) in [5.41, 5.74) is 7.92. The number of nitrogens with one attached hydrogen (secondary N) is 2. The third kappa shape index (κ3) is 10.8. The van der Waals surface area contributed by atoms with Crippen LogP contribution in [-0.4, -0.2) is 122 Å². The van der Waals surface area contributed by atoms with Crippen LogP contribution in [0.4, 0.5) is 5.95 Å². The molecule has 1 saturated heterocycles. The maximum Gasteiger partial charge on any atom is 0.335 e. The molecule has 3 aromatic heterocycles. The largest absolute Gasteiger partial charge is 0.479 e. The zero-order valence-corrected chi connectivity index (χ0v) is 29.9. The highest BCUT2D eigenvalue weighted by molar-refractivity contribution is 5.96. The summed E-state index contributed by atoms with van der Waals surface area (Å²) in [4.78, 5) is 76.5. The first-order valence-corrected chi connectivity index (χ1v) is 17.7. The SMILES string of the molecule is CCC(=O)[C@H](Cc1cn(CCO[C@@H]2OC(C(=O)O)C(O)[C@H](O)C2O)nn1)NC(=O)CCCCC(=O)c1ccc(CCc2cnc3nc(N)[nH]c(=O)c3n2)cc1. The summed E-state index contributed by atoms with van der Waals surface area (Å²) in [5, 5.41) is 49.8. The van der Waals surface area contributed by atoms with Crippen molar-refractivity contribution in [2.45, 2.75) is 102 Å². The van der Waals surface area contributed by atoms with E-state index in [1.54, 1.807) is 31.5 Å². The number of ketones is 2. The van der Waals surface area contributed by atoms with Gasteiger partial charge in [-0.1, -0.05) is 36.4 Å². The van der Waals surface area contributed by atoms with Crippen LogP contribution in [0.25, 0.3) is 11.2 Å². The number of nitrogens with two attached hydrogens (primary N) is 1. The van der Waals surface area contributed by atoms with Gasteiger partial charge in [-0.3, -0.25) is 24.2 Å². The molecule has 294 valence electrons. The number of aromatic nitrogens is 7. The van der Waals surface area contributed by atoms with Crippen LogP contribution in [0.15, 0.2) is 41.5 Å². The summed E-state index contributed by atoms with van der Waals surface area (Å²) in [7, 11) is 0. The molecule has 1 aromatic carbocycles. The van der Waals surface area contributed by atoms with E-state index in [2.05, 4.69) is 35.6 Å². The number of aryl methyl sites for hydroxylation is 2. The van der Waals surface area contributed by atoms with Crippen molar-refractivity contribution in [3.8, 4) is 0 Å². The lowest BCUT2D eigenvalue weighted by Crippen LogP contribution is -2.60. The van der Waals surface area contributed by atoms with E-state index in [1.807, 2.05) is 12.1 Å². The second kappa shape index (κ2) is 18.7. The van der Waals surface area contributed by atoms with Crippen molar-refractivity contribution >= 4 is 40.6 Å². The Morgan fingerprint density at radius 2 is 1.76 bits per heavy atom. The van der Waals surface area contributed by atoms with Gasteiger partial charge < -0.3 is 41.0 Å². The van der Waals surface area contributed by atoms with Gasteiger partial charge in [-0.25, -0.2) is 19.4 Å². The molecule has 3 unspecified atom stereocenters. The van der Waals surface area contributed by atoms with E-state index in [0.29, 0.717) is 42.6 Å². The Kier molecular flexibility index (Phi) is 13.8. The first-order valence-electron chi connectivity index (χ1n) is 17.7. The molecule has 20 nitrogen and oxygen atoms in total. The van der Waals surface area contributed by atoms with Gasteiger partial charge in [0.25, 0.3) is 5.56 Å². The van der Waals surface area contributed by atoms with Gasteiger partial charge in [-0.15, -0.1) is 5.10 Å². The third-order valence-corrected chi connectivity index (χ3v) is 8.98. The van der Waals surface area contributed by atoms with Gasteiger partial charge in [-0.2, -0.15) is 4.98 Å². The van der Waals surface area contributed by atoms with E-state index in [-0.39, 0.29) is 73.4 Å². The van der Waals surface area contributed by atoms with Crippen LogP contribution in [0.1, 0.15) is 66.3 Å². The molecule has 4 aromatic rings. The topological polar surface area (TPSA) is 308 Å². The number of hydrogen-bond donors (Lipinski definition) is 7. The average molecular weight is 766 g/mol. The van der Waals surface area contributed by atoms with Crippen molar-refractivity contribution in [3.05, 3.63) is 69.5 Å². The molecule has 1 fully saturated rings. The Morgan fingerprint density at radius 1 is 1.02 bits per heavy atom. The number of anilines is 1. The zero-order chi connectivity index (χ0) is 39.6. The predicted molar refractivity (Wildman–Crippen MR) is 190 cm³/mol. The number of nitrogen functional groups attached to an aromatic ring is 1. The number of unbranched alkanes of at least 4 members (excludes halogenated alkanes) is 1. The van der Waals surface area contributed by atoms with E-state index in [1.165, 1.54) is 4.68 Å². The number of rotatable bonds is 19. The smallest absolute Gasteiger partial charge is 0.335 e. The Balaban J connectivity index is 1.02. The van der Waals surface area contributed by atoms with Gasteiger partial charge >= 0.3 is 5.97 Å². The second-order valence-corrected chi connectivity index (χ2v) is 13.0. The van der Waals surface area contributed by atoms with Crippen LogP contribution < -0.4 is 16.6 Å². The maximum atomic E-state index is 12.8. The summed E-state index contributed by atoms with van der Waals surface area (Å²) in [5.74, 6) is -2.17. The lowest BCUT2D eigenvalue weighted by Gasteiger charge is -2.38. The quantitative estimate of drug-likeness (QED) is 0.0446. The molecule has 8 N–H and O–H groups in total. The number of benzene rings is 1. The normalized spacial score (nSPS) is 20.3. The van der Waals surface area contributed by atoms with Crippen molar-refractivity contribution in [1.29, 1.82) is 0 Å². The molecule has 1 aliphatic heterocycles. The number of Topliss-reactive ketones (excluding diaryl/α,β-unsaturated/α-hetero) is 2. The number of H-pyrrole nitrogens is 1. The molecule has 6 atom stereocenters. The van der Waals surface area contributed by atoms with Gasteiger partial charge in [0, 0.05) is 37.4 Å². The van der Waals surface area contributed by atoms with E-state index >= 15 is 0 Å². The molecule has 5 rings (SSSR count). The molecule has 0 radical (unpaired) electrons. The Hall–Kier alpha value is -5.54. The number of aliphatic hydroxyl groups is 3. The van der Waals surface area contributed by atoms with Crippen molar-refractivity contribution in [1.82, 2.24) is 40.2 Å². The van der Waals surface area contributed by atoms with Gasteiger partial charge in [0.1, 0.15) is 18.3 Å². The fourth-order valence-corrected chi connectivity index (χ4v) is 5.90. The maximum absolute atomic E-state index is 12.8. The van der Waals surface area contributed by atoms with Crippen LogP contribution in [0.5, 0.6) is 0 Å². The second-order valence-electron chi connectivity index (χ2n) is 13.0. The fraction of sp³-hybridized carbons (Fsp3) is 0.486. The van der Waals surface area contributed by atoms with Crippen molar-refractivity contribution in [2.75, 3.05) is 12.3 Å². The minimum absolute atomic E-state index is 0.0307. The molecule has 0 aliphatic carbocycles. The standard InChI is InChI=1S/C35H43N9O11/c1-2-23(45)22(15-21-17-44(43-42-21)13-14-54-34-29(50)27(48)28(49)30(55-34)33(52)53)39-25(47)6-4-3-5-24(46)19-10-7-18(8-11-19)9-12-20-16-37-31-26(38-20)32(51)41-35(36)40-31/h7-8,10-11,16-17,22,27-30,34,48-50H,2-6,9,12-15H2,1H3,(H,39,47)(H,52,53)(H3,36,37,40,41,51)/t22-,27-,28?,29?,30?,34+/m0/s1. The lowest BCUT2D eigenvalue weighted by atomic mass is 9.99. The number of aliphatic hydroxyl groups excluding tert-OH is 3. The number of aliphatic carboxylic acids is 1. The van der Waals surface area contributed by atoms with Gasteiger partial charge in [-0.05, 0) is 31.2 Å². The predicted octanol–water partition coefficient (Wildman–Crippen LogP) is -0.969. The average Bonchev–Trinajstić information content (AvgIpc) is 3.62. The van der Waals surface area contributed by atoms with Crippen molar-refractivity contribution < 1.29 is 49.1 Å². The molecule has 1 amide bonds. The number of amides is 1. The zero-order valence-electron chi connectivity index (χ0n) is 29.9. The summed E-state index contributed by atoms with van der Waals surface area (Å²) in [6.45, 7) is 1.63. The summed E-state index contributed by atoms with van der Waals surface area (Å²) >= 11 is 0. The number of carboxylic acids is 1. The number of carboxylic acid groups (broad SMARTS) is 1. The van der Waals surface area contributed by atoms with Crippen LogP contribution in [0.3, 0.4) is 0 Å². The van der Waals surface area contributed by atoms with Crippen LogP contribution in [0.2, 0.25) is 0 Å². The molecule has 20 heteroatoms. The number of ether oxygens (including phenoxy) is 2. The van der Waals surface area contributed by atoms with E-state index < -0.39 is 48.3 Å². The van der Waals surface area contributed by atoms with Gasteiger partial charge in [0.2, 0.25) is 11.9 Å². The summed E-state index contributed by atoms with van der Waals surface area (Å²) < 4.78 is 11.8. The van der Waals surface area contributed by atoms with E-state index in [4.69, 9.17) is 15.2 Å². The number of nitrogens with zero attached hydrogens (tertiary/aromatic N) is 6.